The first-order valence-corrected chi connectivity index (χ1v) is 5.49. The van der Waals surface area contributed by atoms with Crippen LogP contribution in [0.15, 0.2) is 12.1 Å². The van der Waals surface area contributed by atoms with Crippen molar-refractivity contribution in [3.63, 3.8) is 0 Å². The third kappa shape index (κ3) is 1.80. The summed E-state index contributed by atoms with van der Waals surface area (Å²) in [5.74, 6) is 4.96. The minimum absolute atomic E-state index is 0.176. The molecule has 0 N–H and O–H groups in total. The Labute approximate surface area is 102 Å². The summed E-state index contributed by atoms with van der Waals surface area (Å²) in [6, 6.07) is 3.75. The zero-order valence-corrected chi connectivity index (χ0v) is 10.4. The van der Waals surface area contributed by atoms with Crippen molar-refractivity contribution in [2.45, 2.75) is 18.3 Å². The Morgan fingerprint density at radius 3 is 1.94 bits per heavy atom. The Hall–Kier alpha value is -1.82. The second-order valence-electron chi connectivity index (χ2n) is 4.13. The number of rotatable bonds is 4. The molecule has 1 aromatic carbocycles. The minimum Gasteiger partial charge on any atom is -0.496 e. The molecule has 1 fully saturated rings. The summed E-state index contributed by atoms with van der Waals surface area (Å²) >= 11 is 0. The van der Waals surface area contributed by atoms with Gasteiger partial charge in [0.05, 0.1) is 26.7 Å². The summed E-state index contributed by atoms with van der Waals surface area (Å²) in [6.45, 7) is 0. The first kappa shape index (κ1) is 11.7. The highest BCUT2D eigenvalue weighted by atomic mass is 16.5. The molecule has 90 valence electrons. The average molecular weight is 232 g/mol. The van der Waals surface area contributed by atoms with Gasteiger partial charge in [-0.2, -0.15) is 0 Å². The maximum absolute atomic E-state index is 5.61. The smallest absolute Gasteiger partial charge is 0.164 e. The van der Waals surface area contributed by atoms with Crippen LogP contribution < -0.4 is 14.2 Å². The topological polar surface area (TPSA) is 27.7 Å². The predicted octanol–water partition coefficient (Wildman–Crippen LogP) is 2.38. The van der Waals surface area contributed by atoms with Gasteiger partial charge in [0.25, 0.3) is 0 Å². The molecule has 2 rings (SSSR count). The molecule has 1 saturated carbocycles. The van der Waals surface area contributed by atoms with Gasteiger partial charge in [0.15, 0.2) is 11.5 Å². The Bertz CT molecular complexity index is 467. The molecule has 0 bridgehead atoms. The lowest BCUT2D eigenvalue weighted by Crippen LogP contribution is -2.06. The highest BCUT2D eigenvalue weighted by molar-refractivity contribution is 5.57. The Kier molecular flexibility index (Phi) is 2.89. The van der Waals surface area contributed by atoms with E-state index < -0.39 is 0 Å². The van der Waals surface area contributed by atoms with Crippen LogP contribution in [0.1, 0.15) is 18.4 Å². The Balaban J connectivity index is 2.55. The fraction of sp³-hybridized carbons (Fsp3) is 0.429. The summed E-state index contributed by atoms with van der Waals surface area (Å²) in [5.41, 5.74) is 0.838. The standard InChI is InChI=1S/C14H16O3/c1-5-14(6-7-14)10-8-12(16-3)13(17-4)9-11(10)15-2/h1,8-9H,6-7H2,2-4H3. The molecule has 0 saturated heterocycles. The van der Waals surface area contributed by atoms with Crippen molar-refractivity contribution in [3.05, 3.63) is 17.7 Å². The van der Waals surface area contributed by atoms with E-state index in [9.17, 15) is 0 Å². The normalized spacial score (nSPS) is 15.9. The monoisotopic (exact) mass is 232 g/mol. The van der Waals surface area contributed by atoms with E-state index in [-0.39, 0.29) is 5.41 Å². The molecule has 0 heterocycles. The van der Waals surface area contributed by atoms with Gasteiger partial charge >= 0.3 is 0 Å². The first-order valence-electron chi connectivity index (χ1n) is 5.49. The third-order valence-corrected chi connectivity index (χ3v) is 3.25. The summed E-state index contributed by atoms with van der Waals surface area (Å²) < 4.78 is 15.9. The van der Waals surface area contributed by atoms with Gasteiger partial charge in [0.2, 0.25) is 0 Å². The lowest BCUT2D eigenvalue weighted by molar-refractivity contribution is 0.347. The number of terminal acetylenes is 1. The van der Waals surface area contributed by atoms with E-state index in [4.69, 9.17) is 20.6 Å². The van der Waals surface area contributed by atoms with Gasteiger partial charge in [0.1, 0.15) is 5.75 Å². The molecular formula is C14H16O3. The van der Waals surface area contributed by atoms with Crippen molar-refractivity contribution in [3.8, 4) is 29.6 Å². The molecule has 1 aliphatic carbocycles. The van der Waals surface area contributed by atoms with Crippen molar-refractivity contribution in [2.24, 2.45) is 0 Å². The fourth-order valence-corrected chi connectivity index (χ4v) is 2.02. The molecule has 0 aliphatic heterocycles. The molecule has 17 heavy (non-hydrogen) atoms. The number of hydrogen-bond donors (Lipinski definition) is 0. The van der Waals surface area contributed by atoms with Gasteiger partial charge in [-0.3, -0.25) is 0 Å². The predicted molar refractivity (Wildman–Crippen MR) is 65.8 cm³/mol. The molecule has 3 heteroatoms. The first-order chi connectivity index (χ1) is 8.20. The number of ether oxygens (including phenoxy) is 3. The molecule has 0 unspecified atom stereocenters. The van der Waals surface area contributed by atoms with Crippen molar-refractivity contribution >= 4 is 0 Å². The third-order valence-electron chi connectivity index (χ3n) is 3.25. The van der Waals surface area contributed by atoms with E-state index in [1.54, 1.807) is 21.3 Å². The van der Waals surface area contributed by atoms with E-state index in [0.717, 1.165) is 24.2 Å². The second-order valence-corrected chi connectivity index (χ2v) is 4.13. The quantitative estimate of drug-likeness (QED) is 0.746. The van der Waals surface area contributed by atoms with Crippen LogP contribution in [0.3, 0.4) is 0 Å². The molecule has 0 atom stereocenters. The Morgan fingerprint density at radius 2 is 1.53 bits per heavy atom. The van der Waals surface area contributed by atoms with E-state index in [1.807, 2.05) is 12.1 Å². The summed E-state index contributed by atoms with van der Waals surface area (Å²) in [4.78, 5) is 0. The van der Waals surface area contributed by atoms with E-state index >= 15 is 0 Å². The molecule has 0 aromatic heterocycles. The van der Waals surface area contributed by atoms with Crippen LogP contribution in [0.25, 0.3) is 0 Å². The maximum Gasteiger partial charge on any atom is 0.164 e. The van der Waals surface area contributed by atoms with Crippen LogP contribution in [0.4, 0.5) is 0 Å². The van der Waals surface area contributed by atoms with E-state index in [2.05, 4.69) is 5.92 Å². The Morgan fingerprint density at radius 1 is 1.00 bits per heavy atom. The highest BCUT2D eigenvalue weighted by Gasteiger charge is 2.45. The molecule has 0 spiro atoms. The van der Waals surface area contributed by atoms with Crippen LogP contribution in [0, 0.1) is 12.3 Å². The zero-order chi connectivity index (χ0) is 12.5. The molecule has 1 aromatic rings. The van der Waals surface area contributed by atoms with Gasteiger partial charge in [-0.25, -0.2) is 0 Å². The molecule has 3 nitrogen and oxygen atoms in total. The van der Waals surface area contributed by atoms with Crippen LogP contribution in [-0.2, 0) is 5.41 Å². The van der Waals surface area contributed by atoms with Gasteiger partial charge in [-0.15, -0.1) is 6.42 Å². The number of benzene rings is 1. The molecule has 0 radical (unpaired) electrons. The van der Waals surface area contributed by atoms with Crippen LogP contribution in [0.2, 0.25) is 0 Å². The van der Waals surface area contributed by atoms with E-state index in [0.29, 0.717) is 11.5 Å². The average Bonchev–Trinajstić information content (AvgIpc) is 3.18. The van der Waals surface area contributed by atoms with E-state index in [1.165, 1.54) is 0 Å². The van der Waals surface area contributed by atoms with Gasteiger partial charge < -0.3 is 14.2 Å². The SMILES string of the molecule is C#CC1(c2cc(OC)c(OC)cc2OC)CC1. The van der Waals surface area contributed by atoms with Gasteiger partial charge in [-0.05, 0) is 18.9 Å². The van der Waals surface area contributed by atoms with Crippen molar-refractivity contribution in [1.82, 2.24) is 0 Å². The van der Waals surface area contributed by atoms with Crippen molar-refractivity contribution in [2.75, 3.05) is 21.3 Å². The zero-order valence-electron chi connectivity index (χ0n) is 10.4. The fourth-order valence-electron chi connectivity index (χ4n) is 2.02. The van der Waals surface area contributed by atoms with Crippen molar-refractivity contribution in [1.29, 1.82) is 0 Å². The lowest BCUT2D eigenvalue weighted by atomic mass is 9.95. The second kappa shape index (κ2) is 4.21. The summed E-state index contributed by atoms with van der Waals surface area (Å²) in [7, 11) is 4.85. The highest BCUT2D eigenvalue weighted by Crippen LogP contribution is 2.53. The molecule has 0 amide bonds. The van der Waals surface area contributed by atoms with Crippen molar-refractivity contribution < 1.29 is 14.2 Å². The number of hydrogen-bond acceptors (Lipinski definition) is 3. The van der Waals surface area contributed by atoms with Gasteiger partial charge in [0, 0.05) is 11.6 Å². The van der Waals surface area contributed by atoms with Crippen LogP contribution in [-0.4, -0.2) is 21.3 Å². The van der Waals surface area contributed by atoms with Crippen LogP contribution >= 0.6 is 0 Å². The van der Waals surface area contributed by atoms with Gasteiger partial charge in [-0.1, -0.05) is 5.92 Å². The summed E-state index contributed by atoms with van der Waals surface area (Å²) in [6.07, 6.45) is 7.60. The minimum atomic E-state index is -0.176. The molecular weight excluding hydrogens is 216 g/mol. The van der Waals surface area contributed by atoms with Crippen LogP contribution in [0.5, 0.6) is 17.2 Å². The largest absolute Gasteiger partial charge is 0.496 e. The summed E-state index contributed by atoms with van der Waals surface area (Å²) in [5, 5.41) is 0. The lowest BCUT2D eigenvalue weighted by Gasteiger charge is -2.17. The maximum atomic E-state index is 5.61. The molecule has 1 aliphatic rings. The number of methoxy groups -OCH3 is 3.